The van der Waals surface area contributed by atoms with E-state index in [2.05, 4.69) is 4.74 Å². The summed E-state index contributed by atoms with van der Waals surface area (Å²) in [6.45, 7) is 2.47. The van der Waals surface area contributed by atoms with Crippen LogP contribution in [0.4, 0.5) is 0 Å². The quantitative estimate of drug-likeness (QED) is 0.384. The molecular formula is C9H17NO2. The molecule has 0 saturated carbocycles. The molecule has 0 saturated heterocycles. The Morgan fingerprint density at radius 3 is 2.67 bits per heavy atom. The van der Waals surface area contributed by atoms with Gasteiger partial charge in [-0.05, 0) is 32.7 Å². The molecule has 0 rings (SSSR count). The van der Waals surface area contributed by atoms with E-state index in [9.17, 15) is 4.79 Å². The summed E-state index contributed by atoms with van der Waals surface area (Å²) in [5.41, 5.74) is 5.99. The minimum atomic E-state index is -0.247. The maximum absolute atomic E-state index is 10.9. The molecule has 0 aromatic heterocycles. The zero-order valence-corrected chi connectivity index (χ0v) is 7.80. The van der Waals surface area contributed by atoms with Crippen molar-refractivity contribution in [3.63, 3.8) is 0 Å². The van der Waals surface area contributed by atoms with Crippen LogP contribution in [0.25, 0.3) is 0 Å². The van der Waals surface area contributed by atoms with E-state index in [0.717, 1.165) is 19.3 Å². The zero-order chi connectivity index (χ0) is 9.40. The molecule has 0 atom stereocenters. The molecule has 0 unspecified atom stereocenters. The molecule has 0 aliphatic rings. The predicted molar refractivity (Wildman–Crippen MR) is 48.7 cm³/mol. The summed E-state index contributed by atoms with van der Waals surface area (Å²) in [6.07, 6.45) is 4.83. The third kappa shape index (κ3) is 4.91. The Morgan fingerprint density at radius 2 is 2.17 bits per heavy atom. The van der Waals surface area contributed by atoms with Crippen LogP contribution in [0.15, 0.2) is 11.6 Å². The van der Waals surface area contributed by atoms with Gasteiger partial charge in [-0.2, -0.15) is 0 Å². The number of ether oxygens (including phenoxy) is 1. The van der Waals surface area contributed by atoms with Gasteiger partial charge in [-0.15, -0.1) is 0 Å². The Kier molecular flexibility index (Phi) is 6.38. The molecule has 0 radical (unpaired) electrons. The molecule has 0 bridgehead atoms. The summed E-state index contributed by atoms with van der Waals surface area (Å²) in [7, 11) is 1.39. The molecule has 0 aromatic carbocycles. The summed E-state index contributed by atoms with van der Waals surface area (Å²) in [4.78, 5) is 10.9. The highest BCUT2D eigenvalue weighted by molar-refractivity contribution is 5.87. The van der Waals surface area contributed by atoms with Gasteiger partial charge < -0.3 is 10.5 Å². The molecule has 0 amide bonds. The number of hydrogen-bond donors (Lipinski definition) is 1. The van der Waals surface area contributed by atoms with E-state index in [4.69, 9.17) is 5.73 Å². The van der Waals surface area contributed by atoms with Gasteiger partial charge >= 0.3 is 5.97 Å². The smallest absolute Gasteiger partial charge is 0.333 e. The van der Waals surface area contributed by atoms with E-state index < -0.39 is 0 Å². The summed E-state index contributed by atoms with van der Waals surface area (Å²) in [6, 6.07) is 0. The largest absolute Gasteiger partial charge is 0.466 e. The summed E-state index contributed by atoms with van der Waals surface area (Å²) >= 11 is 0. The zero-order valence-electron chi connectivity index (χ0n) is 7.80. The average Bonchev–Trinajstić information content (AvgIpc) is 2.10. The molecule has 3 nitrogen and oxygen atoms in total. The van der Waals surface area contributed by atoms with Crippen LogP contribution >= 0.6 is 0 Å². The molecule has 0 aliphatic carbocycles. The standard InChI is InChI=1S/C9H17NO2/c1-8(9(11)12-2)6-4-3-5-7-10/h6H,3-5,7,10H2,1-2H3/b8-6+. The van der Waals surface area contributed by atoms with E-state index in [0.29, 0.717) is 12.1 Å². The number of unbranched alkanes of at least 4 members (excludes halogenated alkanes) is 2. The van der Waals surface area contributed by atoms with Crippen LogP contribution in [-0.2, 0) is 9.53 Å². The Hall–Kier alpha value is -0.830. The van der Waals surface area contributed by atoms with E-state index in [1.165, 1.54) is 7.11 Å². The topological polar surface area (TPSA) is 52.3 Å². The van der Waals surface area contributed by atoms with Gasteiger partial charge in [0.25, 0.3) is 0 Å². The van der Waals surface area contributed by atoms with Gasteiger partial charge in [0.05, 0.1) is 7.11 Å². The van der Waals surface area contributed by atoms with E-state index in [1.807, 2.05) is 6.08 Å². The highest BCUT2D eigenvalue weighted by Gasteiger charge is 2.00. The lowest BCUT2D eigenvalue weighted by Crippen LogP contribution is -2.01. The molecule has 2 N–H and O–H groups in total. The molecule has 12 heavy (non-hydrogen) atoms. The van der Waals surface area contributed by atoms with Gasteiger partial charge in [0, 0.05) is 5.57 Å². The van der Waals surface area contributed by atoms with Crippen LogP contribution in [0.2, 0.25) is 0 Å². The minimum Gasteiger partial charge on any atom is -0.466 e. The van der Waals surface area contributed by atoms with Crippen molar-refractivity contribution in [3.05, 3.63) is 11.6 Å². The fraction of sp³-hybridized carbons (Fsp3) is 0.667. The van der Waals surface area contributed by atoms with Crippen LogP contribution in [0, 0.1) is 0 Å². The van der Waals surface area contributed by atoms with Crippen molar-refractivity contribution in [2.75, 3.05) is 13.7 Å². The highest BCUT2D eigenvalue weighted by Crippen LogP contribution is 2.01. The van der Waals surface area contributed by atoms with E-state index >= 15 is 0 Å². The second-order valence-electron chi connectivity index (χ2n) is 2.66. The number of methoxy groups -OCH3 is 1. The van der Waals surface area contributed by atoms with Gasteiger partial charge in [0.1, 0.15) is 0 Å². The third-order valence-electron chi connectivity index (χ3n) is 1.62. The maximum atomic E-state index is 10.9. The van der Waals surface area contributed by atoms with Gasteiger partial charge in [0.15, 0.2) is 0 Å². The Morgan fingerprint density at radius 1 is 1.50 bits per heavy atom. The number of allylic oxidation sites excluding steroid dienone is 1. The number of nitrogens with two attached hydrogens (primary N) is 1. The normalized spacial score (nSPS) is 11.4. The lowest BCUT2D eigenvalue weighted by atomic mass is 10.2. The summed E-state index contributed by atoms with van der Waals surface area (Å²) in [5, 5.41) is 0. The molecule has 0 heterocycles. The fourth-order valence-corrected chi connectivity index (χ4v) is 0.852. The lowest BCUT2D eigenvalue weighted by Gasteiger charge is -1.98. The molecular weight excluding hydrogens is 154 g/mol. The predicted octanol–water partition coefficient (Wildman–Crippen LogP) is 1.23. The Bertz CT molecular complexity index is 164. The number of carbonyl (C=O) groups is 1. The number of carbonyl (C=O) groups excluding carboxylic acids is 1. The Balaban J connectivity index is 3.61. The maximum Gasteiger partial charge on any atom is 0.333 e. The molecule has 70 valence electrons. The van der Waals surface area contributed by atoms with Crippen molar-refractivity contribution in [2.45, 2.75) is 26.2 Å². The molecule has 0 spiro atoms. The van der Waals surface area contributed by atoms with Crippen LogP contribution in [-0.4, -0.2) is 19.6 Å². The summed E-state index contributed by atoms with van der Waals surface area (Å²) in [5.74, 6) is -0.247. The fourth-order valence-electron chi connectivity index (χ4n) is 0.852. The number of esters is 1. The minimum absolute atomic E-state index is 0.247. The van der Waals surface area contributed by atoms with E-state index in [1.54, 1.807) is 6.92 Å². The second-order valence-corrected chi connectivity index (χ2v) is 2.66. The van der Waals surface area contributed by atoms with Crippen LogP contribution < -0.4 is 5.73 Å². The first-order valence-electron chi connectivity index (χ1n) is 4.17. The highest BCUT2D eigenvalue weighted by atomic mass is 16.5. The van der Waals surface area contributed by atoms with Crippen LogP contribution in [0.3, 0.4) is 0 Å². The van der Waals surface area contributed by atoms with E-state index in [-0.39, 0.29) is 5.97 Å². The molecule has 0 aromatic rings. The monoisotopic (exact) mass is 171 g/mol. The van der Waals surface area contributed by atoms with Crippen molar-refractivity contribution >= 4 is 5.97 Å². The van der Waals surface area contributed by atoms with Crippen molar-refractivity contribution in [1.29, 1.82) is 0 Å². The van der Waals surface area contributed by atoms with Crippen molar-refractivity contribution in [1.82, 2.24) is 0 Å². The SMILES string of the molecule is COC(=O)/C(C)=C/CCCCN. The first-order valence-corrected chi connectivity index (χ1v) is 4.17. The molecule has 0 aliphatic heterocycles. The average molecular weight is 171 g/mol. The van der Waals surface area contributed by atoms with Gasteiger partial charge in [-0.1, -0.05) is 6.08 Å². The van der Waals surface area contributed by atoms with Crippen LogP contribution in [0.1, 0.15) is 26.2 Å². The lowest BCUT2D eigenvalue weighted by molar-refractivity contribution is -0.136. The van der Waals surface area contributed by atoms with Gasteiger partial charge in [0.2, 0.25) is 0 Å². The van der Waals surface area contributed by atoms with Crippen molar-refractivity contribution in [2.24, 2.45) is 5.73 Å². The first kappa shape index (κ1) is 11.2. The van der Waals surface area contributed by atoms with Crippen molar-refractivity contribution < 1.29 is 9.53 Å². The first-order chi connectivity index (χ1) is 5.72. The second kappa shape index (κ2) is 6.85. The Labute approximate surface area is 73.6 Å². The number of hydrogen-bond acceptors (Lipinski definition) is 3. The van der Waals surface area contributed by atoms with Gasteiger partial charge in [-0.3, -0.25) is 0 Å². The van der Waals surface area contributed by atoms with Crippen molar-refractivity contribution in [3.8, 4) is 0 Å². The number of rotatable bonds is 5. The van der Waals surface area contributed by atoms with Crippen LogP contribution in [0.5, 0.6) is 0 Å². The molecule has 0 fully saturated rings. The third-order valence-corrected chi connectivity index (χ3v) is 1.62. The molecule has 3 heteroatoms. The van der Waals surface area contributed by atoms with Gasteiger partial charge in [-0.25, -0.2) is 4.79 Å². The summed E-state index contributed by atoms with van der Waals surface area (Å²) < 4.78 is 4.54.